The molecular formula is C13H18N2O2. The van der Waals surface area contributed by atoms with Crippen molar-refractivity contribution < 1.29 is 9.59 Å². The number of anilines is 1. The van der Waals surface area contributed by atoms with Crippen molar-refractivity contribution in [1.29, 1.82) is 0 Å². The largest absolute Gasteiger partial charge is 0.348 e. The first-order valence-electron chi connectivity index (χ1n) is 5.77. The fourth-order valence-corrected chi connectivity index (χ4v) is 1.77. The van der Waals surface area contributed by atoms with Gasteiger partial charge in [-0.3, -0.25) is 9.59 Å². The van der Waals surface area contributed by atoms with E-state index in [1.165, 1.54) is 6.92 Å². The third-order valence-corrected chi connectivity index (χ3v) is 2.38. The molecule has 4 heteroatoms. The molecule has 0 aromatic heterocycles. The molecule has 0 aliphatic carbocycles. The summed E-state index contributed by atoms with van der Waals surface area (Å²) >= 11 is 0. The molecule has 1 aliphatic heterocycles. The highest BCUT2D eigenvalue weighted by molar-refractivity contribution is 6.02. The standard InChI is InChI=1S/C11H12N2O2.C2H6/c1-6-3-8-9(5-12-11(8)15)10(4-6)13-7(2)14;1-2/h3-4H,5H2,1-2H3,(H,12,15)(H,13,14);1-2H3. The zero-order valence-electron chi connectivity index (χ0n) is 10.7. The van der Waals surface area contributed by atoms with E-state index in [0.29, 0.717) is 12.1 Å². The van der Waals surface area contributed by atoms with Crippen LogP contribution in [0.3, 0.4) is 0 Å². The summed E-state index contributed by atoms with van der Waals surface area (Å²) in [4.78, 5) is 22.4. The minimum absolute atomic E-state index is 0.0692. The number of carbonyl (C=O) groups is 2. The number of nitrogens with one attached hydrogen (secondary N) is 2. The third-order valence-electron chi connectivity index (χ3n) is 2.38. The van der Waals surface area contributed by atoms with Crippen LogP contribution in [0.25, 0.3) is 0 Å². The predicted molar refractivity (Wildman–Crippen MR) is 68.0 cm³/mol. The van der Waals surface area contributed by atoms with E-state index >= 15 is 0 Å². The topological polar surface area (TPSA) is 58.2 Å². The Bertz CT molecular complexity index is 453. The van der Waals surface area contributed by atoms with Gasteiger partial charge in [0.05, 0.1) is 0 Å². The predicted octanol–water partition coefficient (Wildman–Crippen LogP) is 2.22. The van der Waals surface area contributed by atoms with Gasteiger partial charge in [0, 0.05) is 30.3 Å². The zero-order valence-corrected chi connectivity index (χ0v) is 10.7. The van der Waals surface area contributed by atoms with Crippen molar-refractivity contribution in [2.75, 3.05) is 5.32 Å². The molecule has 4 nitrogen and oxygen atoms in total. The quantitative estimate of drug-likeness (QED) is 0.782. The van der Waals surface area contributed by atoms with Crippen LogP contribution in [-0.4, -0.2) is 11.8 Å². The first kappa shape index (κ1) is 13.2. The molecule has 2 amide bonds. The maximum atomic E-state index is 11.4. The lowest BCUT2D eigenvalue weighted by Gasteiger charge is -2.08. The van der Waals surface area contributed by atoms with Gasteiger partial charge in [0.1, 0.15) is 0 Å². The number of amides is 2. The van der Waals surface area contributed by atoms with Gasteiger partial charge < -0.3 is 10.6 Å². The Morgan fingerprint density at radius 3 is 2.59 bits per heavy atom. The number of hydrogen-bond donors (Lipinski definition) is 2. The van der Waals surface area contributed by atoms with Gasteiger partial charge >= 0.3 is 0 Å². The molecule has 17 heavy (non-hydrogen) atoms. The summed E-state index contributed by atoms with van der Waals surface area (Å²) in [5.41, 5.74) is 3.24. The molecule has 0 saturated carbocycles. The zero-order chi connectivity index (χ0) is 13.0. The Balaban J connectivity index is 0.000000686. The Hall–Kier alpha value is -1.84. The normalized spacial score (nSPS) is 12.1. The van der Waals surface area contributed by atoms with Crippen molar-refractivity contribution in [3.8, 4) is 0 Å². The molecule has 0 spiro atoms. The molecule has 2 N–H and O–H groups in total. The summed E-state index contributed by atoms with van der Waals surface area (Å²) in [6.45, 7) is 7.85. The maximum absolute atomic E-state index is 11.4. The fourth-order valence-electron chi connectivity index (χ4n) is 1.77. The van der Waals surface area contributed by atoms with E-state index < -0.39 is 0 Å². The Morgan fingerprint density at radius 1 is 1.35 bits per heavy atom. The maximum Gasteiger partial charge on any atom is 0.251 e. The number of fused-ring (bicyclic) bond motifs is 1. The van der Waals surface area contributed by atoms with Crippen LogP contribution < -0.4 is 10.6 Å². The molecule has 0 bridgehead atoms. The smallest absolute Gasteiger partial charge is 0.251 e. The molecule has 0 fully saturated rings. The first-order chi connectivity index (χ1) is 8.08. The molecule has 1 aromatic rings. The average molecular weight is 234 g/mol. The van der Waals surface area contributed by atoms with Crippen molar-refractivity contribution >= 4 is 17.5 Å². The number of aryl methyl sites for hydroxylation is 1. The molecule has 1 aromatic carbocycles. The molecule has 92 valence electrons. The van der Waals surface area contributed by atoms with Crippen LogP contribution in [0.1, 0.15) is 42.3 Å². The van der Waals surface area contributed by atoms with Gasteiger partial charge in [0.2, 0.25) is 5.91 Å². The Labute approximate surface area is 101 Å². The van der Waals surface area contributed by atoms with Crippen molar-refractivity contribution in [2.24, 2.45) is 0 Å². The second-order valence-corrected chi connectivity index (χ2v) is 3.70. The van der Waals surface area contributed by atoms with Crippen molar-refractivity contribution in [3.63, 3.8) is 0 Å². The third kappa shape index (κ3) is 2.84. The van der Waals surface area contributed by atoms with E-state index in [1.54, 1.807) is 0 Å². The van der Waals surface area contributed by atoms with Crippen molar-refractivity contribution in [3.05, 3.63) is 28.8 Å². The van der Waals surface area contributed by atoms with Gasteiger partial charge in [-0.05, 0) is 24.6 Å². The average Bonchev–Trinajstić information content (AvgIpc) is 2.63. The molecular weight excluding hydrogens is 216 g/mol. The number of benzene rings is 1. The molecule has 0 saturated heterocycles. The van der Waals surface area contributed by atoms with Gasteiger partial charge in [-0.15, -0.1) is 0 Å². The minimum Gasteiger partial charge on any atom is -0.348 e. The summed E-state index contributed by atoms with van der Waals surface area (Å²) in [6, 6.07) is 3.71. The lowest BCUT2D eigenvalue weighted by Crippen LogP contribution is -2.12. The molecule has 0 unspecified atom stereocenters. The highest BCUT2D eigenvalue weighted by atomic mass is 16.2. The second-order valence-electron chi connectivity index (χ2n) is 3.70. The van der Waals surface area contributed by atoms with E-state index in [9.17, 15) is 9.59 Å². The Kier molecular flexibility index (Phi) is 4.26. The van der Waals surface area contributed by atoms with Crippen LogP contribution in [-0.2, 0) is 11.3 Å². The molecule has 2 rings (SSSR count). The lowest BCUT2D eigenvalue weighted by molar-refractivity contribution is -0.114. The van der Waals surface area contributed by atoms with Gasteiger partial charge in [0.15, 0.2) is 0 Å². The van der Waals surface area contributed by atoms with E-state index in [0.717, 1.165) is 16.8 Å². The Morgan fingerprint density at radius 2 is 2.00 bits per heavy atom. The van der Waals surface area contributed by atoms with Crippen molar-refractivity contribution in [1.82, 2.24) is 5.32 Å². The van der Waals surface area contributed by atoms with Gasteiger partial charge in [-0.25, -0.2) is 0 Å². The van der Waals surface area contributed by atoms with E-state index in [-0.39, 0.29) is 11.8 Å². The van der Waals surface area contributed by atoms with Crippen LogP contribution in [0.15, 0.2) is 12.1 Å². The highest BCUT2D eigenvalue weighted by Crippen LogP contribution is 2.26. The summed E-state index contributed by atoms with van der Waals surface area (Å²) in [6.07, 6.45) is 0. The van der Waals surface area contributed by atoms with Gasteiger partial charge in [-0.2, -0.15) is 0 Å². The van der Waals surface area contributed by atoms with Gasteiger partial charge in [-0.1, -0.05) is 13.8 Å². The second kappa shape index (κ2) is 5.48. The summed E-state index contributed by atoms with van der Waals surface area (Å²) in [7, 11) is 0. The summed E-state index contributed by atoms with van der Waals surface area (Å²) in [5, 5.41) is 5.47. The monoisotopic (exact) mass is 234 g/mol. The molecule has 0 atom stereocenters. The SMILES string of the molecule is CC.CC(=O)Nc1cc(C)cc2c1CNC2=O. The van der Waals surface area contributed by atoms with E-state index in [2.05, 4.69) is 10.6 Å². The molecule has 0 radical (unpaired) electrons. The van der Waals surface area contributed by atoms with Crippen molar-refractivity contribution in [2.45, 2.75) is 34.2 Å². The lowest BCUT2D eigenvalue weighted by atomic mass is 10.0. The molecule has 1 aliphatic rings. The van der Waals surface area contributed by atoms with Crippen LogP contribution in [0.5, 0.6) is 0 Å². The van der Waals surface area contributed by atoms with Crippen LogP contribution in [0.2, 0.25) is 0 Å². The summed E-state index contributed by atoms with van der Waals surface area (Å²) < 4.78 is 0. The first-order valence-corrected chi connectivity index (χ1v) is 5.77. The highest BCUT2D eigenvalue weighted by Gasteiger charge is 2.22. The van der Waals surface area contributed by atoms with Crippen LogP contribution in [0, 0.1) is 6.92 Å². The number of hydrogen-bond acceptors (Lipinski definition) is 2. The van der Waals surface area contributed by atoms with Gasteiger partial charge in [0.25, 0.3) is 5.91 Å². The number of carbonyl (C=O) groups excluding carboxylic acids is 2. The van der Waals surface area contributed by atoms with E-state index in [1.807, 2.05) is 32.9 Å². The van der Waals surface area contributed by atoms with E-state index in [4.69, 9.17) is 0 Å². The van der Waals surface area contributed by atoms with Crippen LogP contribution in [0.4, 0.5) is 5.69 Å². The molecule has 1 heterocycles. The van der Waals surface area contributed by atoms with Crippen LogP contribution >= 0.6 is 0 Å². The number of rotatable bonds is 1. The fraction of sp³-hybridized carbons (Fsp3) is 0.385. The minimum atomic E-state index is -0.123. The summed E-state index contributed by atoms with van der Waals surface area (Å²) in [5.74, 6) is -0.192.